The van der Waals surface area contributed by atoms with Crippen LogP contribution in [0.5, 0.6) is 0 Å². The van der Waals surface area contributed by atoms with Crippen LogP contribution in [0, 0.1) is 13.8 Å². The van der Waals surface area contributed by atoms with E-state index in [0.29, 0.717) is 17.6 Å². The second kappa shape index (κ2) is 7.02. The number of carbonyl (C=O) groups is 1. The van der Waals surface area contributed by atoms with Gasteiger partial charge in [-0.1, -0.05) is 13.0 Å². The molecule has 0 aliphatic rings. The van der Waals surface area contributed by atoms with Crippen molar-refractivity contribution in [1.82, 2.24) is 9.97 Å². The average molecular weight is 298 g/mol. The third kappa shape index (κ3) is 4.28. The van der Waals surface area contributed by atoms with Gasteiger partial charge in [-0.3, -0.25) is 4.79 Å². The molecule has 0 radical (unpaired) electrons. The van der Waals surface area contributed by atoms with Crippen molar-refractivity contribution in [3.63, 3.8) is 0 Å². The molecule has 1 heterocycles. The first kappa shape index (κ1) is 15.9. The van der Waals surface area contributed by atoms with Crippen LogP contribution in [0.1, 0.15) is 41.9 Å². The van der Waals surface area contributed by atoms with Gasteiger partial charge >= 0.3 is 0 Å². The van der Waals surface area contributed by atoms with Crippen molar-refractivity contribution >= 4 is 17.4 Å². The van der Waals surface area contributed by atoms with E-state index < -0.39 is 0 Å². The number of nitrogens with one attached hydrogen (secondary N) is 2. The normalized spacial score (nSPS) is 11.8. The van der Waals surface area contributed by atoms with Crippen molar-refractivity contribution in [2.75, 3.05) is 10.6 Å². The van der Waals surface area contributed by atoms with E-state index in [1.54, 1.807) is 6.20 Å². The molecule has 2 aromatic rings. The summed E-state index contributed by atoms with van der Waals surface area (Å²) >= 11 is 0. The summed E-state index contributed by atoms with van der Waals surface area (Å²) in [5, 5.41) is 6.07. The quantitative estimate of drug-likeness (QED) is 0.885. The molecule has 116 valence electrons. The standard InChI is InChI=1S/C17H22N4O/c1-5-13(4)20-16-10-18-15(9-19-16)17(22)21-14-7-11(2)6-12(3)8-14/h6-10,13H,5H2,1-4H3,(H,19,20)(H,21,22). The monoisotopic (exact) mass is 298 g/mol. The molecule has 0 spiro atoms. The Balaban J connectivity index is 2.06. The van der Waals surface area contributed by atoms with Crippen LogP contribution in [0.3, 0.4) is 0 Å². The molecule has 5 nitrogen and oxygen atoms in total. The van der Waals surface area contributed by atoms with E-state index >= 15 is 0 Å². The molecule has 1 atom stereocenters. The molecule has 2 rings (SSSR count). The maximum atomic E-state index is 12.2. The van der Waals surface area contributed by atoms with E-state index in [0.717, 1.165) is 23.2 Å². The van der Waals surface area contributed by atoms with E-state index in [1.165, 1.54) is 6.20 Å². The number of aromatic nitrogens is 2. The van der Waals surface area contributed by atoms with E-state index in [-0.39, 0.29) is 5.91 Å². The summed E-state index contributed by atoms with van der Waals surface area (Å²) in [6.07, 6.45) is 4.07. The zero-order chi connectivity index (χ0) is 16.1. The molecule has 0 saturated carbocycles. The van der Waals surface area contributed by atoms with E-state index in [4.69, 9.17) is 0 Å². The number of carbonyl (C=O) groups excluding carboxylic acids is 1. The fourth-order valence-corrected chi connectivity index (χ4v) is 2.12. The number of nitrogens with zero attached hydrogens (tertiary/aromatic N) is 2. The SMILES string of the molecule is CCC(C)Nc1cnc(C(=O)Nc2cc(C)cc(C)c2)cn1. The van der Waals surface area contributed by atoms with Crippen molar-refractivity contribution in [3.8, 4) is 0 Å². The topological polar surface area (TPSA) is 66.9 Å². The number of amides is 1. The second-order valence-corrected chi connectivity index (χ2v) is 5.57. The molecule has 0 bridgehead atoms. The van der Waals surface area contributed by atoms with Crippen LogP contribution in [0.4, 0.5) is 11.5 Å². The van der Waals surface area contributed by atoms with Crippen LogP contribution in [-0.4, -0.2) is 21.9 Å². The minimum absolute atomic E-state index is 0.257. The smallest absolute Gasteiger partial charge is 0.275 e. The highest BCUT2D eigenvalue weighted by Crippen LogP contribution is 2.14. The van der Waals surface area contributed by atoms with Gasteiger partial charge in [0.15, 0.2) is 0 Å². The Hall–Kier alpha value is -2.43. The molecule has 1 aromatic carbocycles. The first-order chi connectivity index (χ1) is 10.5. The predicted octanol–water partition coefficient (Wildman–Crippen LogP) is 3.56. The second-order valence-electron chi connectivity index (χ2n) is 5.57. The Morgan fingerprint density at radius 2 is 1.82 bits per heavy atom. The number of hydrogen-bond acceptors (Lipinski definition) is 4. The van der Waals surface area contributed by atoms with Gasteiger partial charge in [0.05, 0.1) is 12.4 Å². The maximum absolute atomic E-state index is 12.2. The van der Waals surface area contributed by atoms with Gasteiger partial charge in [0, 0.05) is 11.7 Å². The van der Waals surface area contributed by atoms with Crippen LogP contribution in [-0.2, 0) is 0 Å². The minimum atomic E-state index is -0.257. The lowest BCUT2D eigenvalue weighted by Gasteiger charge is -2.11. The molecule has 1 unspecified atom stereocenters. The molecule has 1 amide bonds. The predicted molar refractivity (Wildman–Crippen MR) is 89.3 cm³/mol. The molecule has 2 N–H and O–H groups in total. The summed E-state index contributed by atoms with van der Waals surface area (Å²) < 4.78 is 0. The fourth-order valence-electron chi connectivity index (χ4n) is 2.12. The van der Waals surface area contributed by atoms with Crippen LogP contribution >= 0.6 is 0 Å². The first-order valence-electron chi connectivity index (χ1n) is 7.46. The summed E-state index contributed by atoms with van der Waals surface area (Å²) in [6.45, 7) is 8.16. The van der Waals surface area contributed by atoms with E-state index in [1.807, 2.05) is 26.0 Å². The zero-order valence-corrected chi connectivity index (χ0v) is 13.5. The fraction of sp³-hybridized carbons (Fsp3) is 0.353. The molecule has 1 aromatic heterocycles. The molecule has 0 saturated heterocycles. The number of hydrogen-bond donors (Lipinski definition) is 2. The van der Waals surface area contributed by atoms with Gasteiger partial charge in [-0.2, -0.15) is 0 Å². The summed E-state index contributed by atoms with van der Waals surface area (Å²) in [4.78, 5) is 20.6. The third-order valence-corrected chi connectivity index (χ3v) is 3.37. The van der Waals surface area contributed by atoms with Crippen molar-refractivity contribution in [2.45, 2.75) is 40.2 Å². The lowest BCUT2D eigenvalue weighted by Crippen LogP contribution is -2.17. The Labute approximate surface area is 131 Å². The molecule has 0 aliphatic carbocycles. The van der Waals surface area contributed by atoms with Gasteiger partial charge in [0.25, 0.3) is 5.91 Å². The van der Waals surface area contributed by atoms with Crippen molar-refractivity contribution in [3.05, 3.63) is 47.4 Å². The van der Waals surface area contributed by atoms with Gasteiger partial charge < -0.3 is 10.6 Å². The van der Waals surface area contributed by atoms with Gasteiger partial charge in [-0.15, -0.1) is 0 Å². The summed E-state index contributed by atoms with van der Waals surface area (Å²) in [5.41, 5.74) is 3.28. The van der Waals surface area contributed by atoms with Gasteiger partial charge in [-0.25, -0.2) is 9.97 Å². The van der Waals surface area contributed by atoms with Crippen LogP contribution < -0.4 is 10.6 Å². The van der Waals surface area contributed by atoms with Gasteiger partial charge in [0.1, 0.15) is 11.5 Å². The zero-order valence-electron chi connectivity index (χ0n) is 13.5. The number of anilines is 2. The molecular formula is C17H22N4O. The summed E-state index contributed by atoms with van der Waals surface area (Å²) in [7, 11) is 0. The highest BCUT2D eigenvalue weighted by Gasteiger charge is 2.09. The molecule has 22 heavy (non-hydrogen) atoms. The lowest BCUT2D eigenvalue weighted by atomic mass is 10.1. The Morgan fingerprint density at radius 1 is 1.14 bits per heavy atom. The lowest BCUT2D eigenvalue weighted by molar-refractivity contribution is 0.102. The Bertz CT molecular complexity index is 632. The van der Waals surface area contributed by atoms with Crippen LogP contribution in [0.25, 0.3) is 0 Å². The number of rotatable bonds is 5. The highest BCUT2D eigenvalue weighted by atomic mass is 16.1. The van der Waals surface area contributed by atoms with Gasteiger partial charge in [0.2, 0.25) is 0 Å². The van der Waals surface area contributed by atoms with Crippen LogP contribution in [0.15, 0.2) is 30.6 Å². The third-order valence-electron chi connectivity index (χ3n) is 3.37. The summed E-state index contributed by atoms with van der Waals surface area (Å²) in [6, 6.07) is 6.24. The maximum Gasteiger partial charge on any atom is 0.275 e. The Kier molecular flexibility index (Phi) is 5.09. The van der Waals surface area contributed by atoms with Crippen molar-refractivity contribution < 1.29 is 4.79 Å². The van der Waals surface area contributed by atoms with E-state index in [2.05, 4.69) is 40.5 Å². The van der Waals surface area contributed by atoms with Crippen molar-refractivity contribution in [1.29, 1.82) is 0 Å². The summed E-state index contributed by atoms with van der Waals surface area (Å²) in [5.74, 6) is 0.421. The number of aryl methyl sites for hydroxylation is 2. The molecule has 0 aliphatic heterocycles. The highest BCUT2D eigenvalue weighted by molar-refractivity contribution is 6.02. The van der Waals surface area contributed by atoms with E-state index in [9.17, 15) is 4.79 Å². The Morgan fingerprint density at radius 3 is 2.36 bits per heavy atom. The molecule has 0 fully saturated rings. The largest absolute Gasteiger partial charge is 0.366 e. The average Bonchev–Trinajstić information content (AvgIpc) is 2.46. The number of benzene rings is 1. The molecule has 5 heteroatoms. The molecular weight excluding hydrogens is 276 g/mol. The van der Waals surface area contributed by atoms with Crippen LogP contribution in [0.2, 0.25) is 0 Å². The van der Waals surface area contributed by atoms with Crippen molar-refractivity contribution in [2.24, 2.45) is 0 Å². The van der Waals surface area contributed by atoms with Gasteiger partial charge in [-0.05, 0) is 50.5 Å². The minimum Gasteiger partial charge on any atom is -0.366 e. The first-order valence-corrected chi connectivity index (χ1v) is 7.46.